The van der Waals surface area contributed by atoms with Gasteiger partial charge in [-0.25, -0.2) is 4.98 Å². The van der Waals surface area contributed by atoms with Gasteiger partial charge in [0.15, 0.2) is 12.9 Å². The lowest BCUT2D eigenvalue weighted by Gasteiger charge is -2.23. The summed E-state index contributed by atoms with van der Waals surface area (Å²) in [4.78, 5) is 39.9. The summed E-state index contributed by atoms with van der Waals surface area (Å²) in [7, 11) is 1.65. The van der Waals surface area contributed by atoms with Crippen LogP contribution in [0.2, 0.25) is 0 Å². The molecule has 0 bridgehead atoms. The molecule has 9 heteroatoms. The van der Waals surface area contributed by atoms with E-state index in [9.17, 15) is 19.7 Å². The number of non-ortho nitro benzene ring substituents is 1. The summed E-state index contributed by atoms with van der Waals surface area (Å²) >= 11 is 1.52. The van der Waals surface area contributed by atoms with Gasteiger partial charge in [-0.05, 0) is 25.1 Å². The monoisotopic (exact) mass is 399 g/mol. The Morgan fingerprint density at radius 2 is 2.11 bits per heavy atom. The average molecular weight is 399 g/mol. The van der Waals surface area contributed by atoms with Gasteiger partial charge in [0.25, 0.3) is 11.6 Å². The Kier molecular flexibility index (Phi) is 5.65. The number of rotatable bonds is 7. The van der Waals surface area contributed by atoms with Gasteiger partial charge >= 0.3 is 0 Å². The number of benzene rings is 2. The van der Waals surface area contributed by atoms with E-state index in [1.165, 1.54) is 28.4 Å². The van der Waals surface area contributed by atoms with Gasteiger partial charge < -0.3 is 9.64 Å². The van der Waals surface area contributed by atoms with Crippen molar-refractivity contribution in [2.45, 2.75) is 13.0 Å². The number of fused-ring (bicyclic) bond motifs is 1. The highest BCUT2D eigenvalue weighted by Crippen LogP contribution is 2.29. The second-order valence-electron chi connectivity index (χ2n) is 6.09. The van der Waals surface area contributed by atoms with E-state index in [4.69, 9.17) is 4.74 Å². The molecule has 1 heterocycles. The topological polar surface area (TPSA) is 103 Å². The molecule has 0 fully saturated rings. The predicted octanol–water partition coefficient (Wildman–Crippen LogP) is 3.62. The van der Waals surface area contributed by atoms with E-state index in [0.29, 0.717) is 6.29 Å². The van der Waals surface area contributed by atoms with Gasteiger partial charge in [-0.3, -0.25) is 19.7 Å². The van der Waals surface area contributed by atoms with Gasteiger partial charge in [-0.15, -0.1) is 11.3 Å². The third kappa shape index (κ3) is 3.99. The van der Waals surface area contributed by atoms with Gasteiger partial charge in [0.1, 0.15) is 10.8 Å². The number of likely N-dealkylation sites (N-methyl/N-ethyl adjacent to an activating group) is 1. The molecule has 144 valence electrons. The van der Waals surface area contributed by atoms with Crippen LogP contribution in [0.1, 0.15) is 28.3 Å². The number of thiazole rings is 1. The molecule has 0 aliphatic carbocycles. The molecule has 0 spiro atoms. The predicted molar refractivity (Wildman–Crippen MR) is 105 cm³/mol. The zero-order valence-electron chi connectivity index (χ0n) is 15.2. The lowest BCUT2D eigenvalue weighted by molar-refractivity contribution is -0.384. The van der Waals surface area contributed by atoms with Gasteiger partial charge in [0.2, 0.25) is 0 Å². The largest absolute Gasteiger partial charge is 0.483 e. The van der Waals surface area contributed by atoms with E-state index in [0.717, 1.165) is 21.3 Å². The van der Waals surface area contributed by atoms with Gasteiger partial charge in [-0.1, -0.05) is 12.1 Å². The summed E-state index contributed by atoms with van der Waals surface area (Å²) < 4.78 is 6.47. The Hall–Kier alpha value is -3.33. The van der Waals surface area contributed by atoms with Crippen LogP contribution in [0.5, 0.6) is 5.75 Å². The maximum absolute atomic E-state index is 12.5. The molecular formula is C19H17N3O5S. The minimum absolute atomic E-state index is 0.0175. The lowest BCUT2D eigenvalue weighted by atomic mass is 10.2. The van der Waals surface area contributed by atoms with Crippen molar-refractivity contribution in [1.82, 2.24) is 9.88 Å². The quantitative estimate of drug-likeness (QED) is 0.342. The molecule has 0 saturated carbocycles. The molecule has 28 heavy (non-hydrogen) atoms. The molecule has 8 nitrogen and oxygen atoms in total. The number of ether oxygens (including phenoxy) is 1. The number of nitro benzene ring substituents is 1. The molecule has 0 unspecified atom stereocenters. The molecule has 0 N–H and O–H groups in total. The van der Waals surface area contributed by atoms with Crippen molar-refractivity contribution in [3.63, 3.8) is 0 Å². The number of carbonyl (C=O) groups is 2. The van der Waals surface area contributed by atoms with Crippen molar-refractivity contribution < 1.29 is 19.2 Å². The summed E-state index contributed by atoms with van der Waals surface area (Å²) in [5.74, 6) is -0.183. The minimum Gasteiger partial charge on any atom is -0.483 e. The molecule has 1 amide bonds. The number of nitro groups is 1. The van der Waals surface area contributed by atoms with Crippen LogP contribution in [0, 0.1) is 10.1 Å². The number of nitrogens with zero attached hydrogens (tertiary/aromatic N) is 3. The minimum atomic E-state index is -0.602. The fourth-order valence-electron chi connectivity index (χ4n) is 2.56. The highest BCUT2D eigenvalue weighted by molar-refractivity contribution is 7.18. The van der Waals surface area contributed by atoms with Crippen LogP contribution in [0.3, 0.4) is 0 Å². The first-order valence-corrected chi connectivity index (χ1v) is 9.20. The third-order valence-corrected chi connectivity index (χ3v) is 5.53. The molecule has 0 aliphatic heterocycles. The fourth-order valence-corrected chi connectivity index (χ4v) is 3.63. The number of aromatic nitrogens is 1. The van der Waals surface area contributed by atoms with E-state index in [1.54, 1.807) is 7.05 Å². The lowest BCUT2D eigenvalue weighted by Crippen LogP contribution is -2.33. The summed E-state index contributed by atoms with van der Waals surface area (Å²) in [5.41, 5.74) is 0.680. The van der Waals surface area contributed by atoms with E-state index in [-0.39, 0.29) is 35.6 Å². The number of para-hydroxylation sites is 1. The van der Waals surface area contributed by atoms with Crippen LogP contribution in [0.15, 0.2) is 42.5 Å². The molecule has 3 rings (SSSR count). The van der Waals surface area contributed by atoms with Crippen molar-refractivity contribution >= 4 is 39.4 Å². The summed E-state index contributed by atoms with van der Waals surface area (Å²) in [6.45, 7) is 1.57. The first-order chi connectivity index (χ1) is 13.4. The highest BCUT2D eigenvalue weighted by atomic mass is 32.1. The summed E-state index contributed by atoms with van der Waals surface area (Å²) in [6, 6.07) is 11.1. The van der Waals surface area contributed by atoms with Gasteiger partial charge in [0.05, 0.1) is 26.7 Å². The molecular weight excluding hydrogens is 382 g/mol. The normalized spacial score (nSPS) is 11.8. The summed E-state index contributed by atoms with van der Waals surface area (Å²) in [6.07, 6.45) is 0.459. The zero-order valence-corrected chi connectivity index (χ0v) is 16.0. The third-order valence-electron chi connectivity index (χ3n) is 4.32. The van der Waals surface area contributed by atoms with Crippen LogP contribution < -0.4 is 4.74 Å². The molecule has 0 aliphatic rings. The van der Waals surface area contributed by atoms with Gasteiger partial charge in [-0.2, -0.15) is 0 Å². The number of hydrogen-bond acceptors (Lipinski definition) is 7. The van der Waals surface area contributed by atoms with E-state index in [2.05, 4.69) is 4.98 Å². The Morgan fingerprint density at radius 1 is 1.36 bits per heavy atom. The zero-order chi connectivity index (χ0) is 20.3. The van der Waals surface area contributed by atoms with Crippen molar-refractivity contribution in [2.24, 2.45) is 0 Å². The van der Waals surface area contributed by atoms with Crippen LogP contribution in [0.4, 0.5) is 5.69 Å². The second kappa shape index (κ2) is 8.13. The Morgan fingerprint density at radius 3 is 2.79 bits per heavy atom. The number of hydrogen-bond donors (Lipinski definition) is 0. The molecule has 2 aromatic carbocycles. The number of carbonyl (C=O) groups excluding carboxylic acids is 2. The first kappa shape index (κ1) is 19.4. The molecule has 1 aromatic heterocycles. The number of amides is 1. The number of aldehydes is 1. The van der Waals surface area contributed by atoms with Crippen LogP contribution in [-0.2, 0) is 4.79 Å². The first-order valence-electron chi connectivity index (χ1n) is 8.38. The molecule has 1 atom stereocenters. The molecule has 0 radical (unpaired) electrons. The summed E-state index contributed by atoms with van der Waals surface area (Å²) in [5, 5.41) is 11.6. The Bertz CT molecular complexity index is 1020. The van der Waals surface area contributed by atoms with Gasteiger partial charge in [0, 0.05) is 19.2 Å². The van der Waals surface area contributed by atoms with Crippen molar-refractivity contribution in [1.29, 1.82) is 0 Å². The maximum Gasteiger partial charge on any atom is 0.270 e. The SMILES string of the molecule is C[C@H](c1nc2ccccc2s1)N(C)C(=O)COc1ccc([N+](=O)[O-])cc1C=O. The van der Waals surface area contributed by atoms with Crippen molar-refractivity contribution in [3.8, 4) is 5.75 Å². The standard InChI is InChI=1S/C19H17N3O5S/c1-12(19-20-15-5-3-4-6-17(15)28-19)21(2)18(24)11-27-16-8-7-14(22(25)26)9-13(16)10-23/h3-10,12H,11H2,1-2H3/t12-/m1/s1. The van der Waals surface area contributed by atoms with Crippen LogP contribution in [0.25, 0.3) is 10.2 Å². The van der Waals surface area contributed by atoms with Crippen molar-refractivity contribution in [3.05, 3.63) is 63.1 Å². The Balaban J connectivity index is 1.68. The van der Waals surface area contributed by atoms with Crippen molar-refractivity contribution in [2.75, 3.05) is 13.7 Å². The highest BCUT2D eigenvalue weighted by Gasteiger charge is 2.21. The molecule has 0 saturated heterocycles. The van der Waals surface area contributed by atoms with E-state index < -0.39 is 4.92 Å². The maximum atomic E-state index is 12.5. The van der Waals surface area contributed by atoms with E-state index >= 15 is 0 Å². The van der Waals surface area contributed by atoms with Crippen LogP contribution in [-0.4, -0.2) is 40.7 Å². The Labute approximate surface area is 164 Å². The smallest absolute Gasteiger partial charge is 0.270 e. The second-order valence-corrected chi connectivity index (χ2v) is 7.15. The average Bonchev–Trinajstić information content (AvgIpc) is 3.14. The molecule has 3 aromatic rings. The van der Waals surface area contributed by atoms with Crippen LogP contribution >= 0.6 is 11.3 Å². The van der Waals surface area contributed by atoms with E-state index in [1.807, 2.05) is 31.2 Å². The fraction of sp³-hybridized carbons (Fsp3) is 0.211.